The van der Waals surface area contributed by atoms with E-state index >= 15 is 0 Å². The summed E-state index contributed by atoms with van der Waals surface area (Å²) in [5, 5.41) is 12.0. The molecular formula is C6H10N2O3. The number of nitrogens with zero attached hydrogens (tertiary/aromatic N) is 2. The first kappa shape index (κ1) is 8.00. The van der Waals surface area contributed by atoms with Crippen LogP contribution in [0.5, 0.6) is 0 Å². The van der Waals surface area contributed by atoms with Gasteiger partial charge >= 0.3 is 0 Å². The first-order valence-electron chi connectivity index (χ1n) is 3.29. The predicted octanol–water partition coefficient (Wildman–Crippen LogP) is -0.243. The molecule has 0 bridgehead atoms. The molecule has 1 heterocycles. The minimum Gasteiger partial charge on any atom is -0.471 e. The maximum absolute atomic E-state index is 8.43. The summed E-state index contributed by atoms with van der Waals surface area (Å²) < 4.78 is 5.08. The standard InChI is InChI=1S/C6H10N2O3/c1-5(7-4-9)6-8-11-3-2-10-6/h9H,2-4H2,1H3/b7-5+. The molecule has 0 radical (unpaired) electrons. The van der Waals surface area contributed by atoms with Gasteiger partial charge in [-0.1, -0.05) is 0 Å². The van der Waals surface area contributed by atoms with E-state index in [0.29, 0.717) is 24.8 Å². The van der Waals surface area contributed by atoms with Gasteiger partial charge in [-0.3, -0.25) is 4.99 Å². The molecular weight excluding hydrogens is 148 g/mol. The Morgan fingerprint density at radius 3 is 3.09 bits per heavy atom. The molecule has 0 aromatic heterocycles. The van der Waals surface area contributed by atoms with E-state index in [1.807, 2.05) is 0 Å². The molecule has 0 saturated carbocycles. The lowest BCUT2D eigenvalue weighted by molar-refractivity contribution is 0.0675. The minimum atomic E-state index is -0.256. The second-order valence-corrected chi connectivity index (χ2v) is 1.96. The lowest BCUT2D eigenvalue weighted by Crippen LogP contribution is -2.22. The Balaban J connectivity index is 2.58. The second kappa shape index (κ2) is 3.92. The molecule has 1 N–H and O–H groups in total. The zero-order valence-corrected chi connectivity index (χ0v) is 6.28. The van der Waals surface area contributed by atoms with E-state index in [1.54, 1.807) is 6.92 Å². The van der Waals surface area contributed by atoms with Crippen LogP contribution in [0.25, 0.3) is 0 Å². The van der Waals surface area contributed by atoms with Crippen LogP contribution in [0, 0.1) is 0 Å². The summed E-state index contributed by atoms with van der Waals surface area (Å²) in [5.41, 5.74) is 0.548. The molecule has 0 saturated heterocycles. The Labute approximate surface area is 64.3 Å². The molecule has 5 heteroatoms. The Bertz CT molecular complexity index is 188. The van der Waals surface area contributed by atoms with Crippen molar-refractivity contribution in [1.82, 2.24) is 0 Å². The number of hydrogen-bond donors (Lipinski definition) is 1. The van der Waals surface area contributed by atoms with Crippen molar-refractivity contribution in [3.63, 3.8) is 0 Å². The van der Waals surface area contributed by atoms with E-state index in [9.17, 15) is 0 Å². The van der Waals surface area contributed by atoms with Gasteiger partial charge < -0.3 is 14.7 Å². The van der Waals surface area contributed by atoms with Crippen molar-refractivity contribution in [2.45, 2.75) is 6.92 Å². The largest absolute Gasteiger partial charge is 0.471 e. The van der Waals surface area contributed by atoms with Crippen molar-refractivity contribution < 1.29 is 14.7 Å². The van der Waals surface area contributed by atoms with Gasteiger partial charge in [-0.25, -0.2) is 0 Å². The van der Waals surface area contributed by atoms with Crippen LogP contribution in [0.1, 0.15) is 6.92 Å². The average molecular weight is 158 g/mol. The third-order valence-electron chi connectivity index (χ3n) is 1.18. The normalized spacial score (nSPS) is 18.4. The monoisotopic (exact) mass is 158 g/mol. The smallest absolute Gasteiger partial charge is 0.271 e. The van der Waals surface area contributed by atoms with E-state index in [4.69, 9.17) is 14.7 Å². The molecule has 1 aliphatic heterocycles. The fraction of sp³-hybridized carbons (Fsp3) is 0.667. The number of rotatable bonds is 2. The summed E-state index contributed by atoms with van der Waals surface area (Å²) in [5.74, 6) is 0.352. The van der Waals surface area contributed by atoms with Crippen LogP contribution in [0.3, 0.4) is 0 Å². The van der Waals surface area contributed by atoms with E-state index < -0.39 is 0 Å². The van der Waals surface area contributed by atoms with Gasteiger partial charge in [-0.05, 0) is 12.1 Å². The molecule has 0 aromatic rings. The van der Waals surface area contributed by atoms with Crippen molar-refractivity contribution in [3.8, 4) is 0 Å². The molecule has 62 valence electrons. The van der Waals surface area contributed by atoms with Crippen LogP contribution in [-0.4, -0.2) is 36.7 Å². The fourth-order valence-electron chi connectivity index (χ4n) is 0.650. The summed E-state index contributed by atoms with van der Waals surface area (Å²) in [7, 11) is 0. The lowest BCUT2D eigenvalue weighted by Gasteiger charge is -2.12. The summed E-state index contributed by atoms with van der Waals surface area (Å²) in [6.45, 7) is 2.39. The number of aliphatic hydroxyl groups excluding tert-OH is 1. The fourth-order valence-corrected chi connectivity index (χ4v) is 0.650. The van der Waals surface area contributed by atoms with E-state index in [-0.39, 0.29) is 6.73 Å². The summed E-state index contributed by atoms with van der Waals surface area (Å²) >= 11 is 0. The number of ether oxygens (including phenoxy) is 1. The highest BCUT2D eigenvalue weighted by Gasteiger charge is 2.09. The van der Waals surface area contributed by atoms with Gasteiger partial charge in [0, 0.05) is 0 Å². The van der Waals surface area contributed by atoms with Gasteiger partial charge in [0.05, 0.1) is 5.71 Å². The van der Waals surface area contributed by atoms with E-state index in [2.05, 4.69) is 10.1 Å². The third-order valence-corrected chi connectivity index (χ3v) is 1.18. The number of aliphatic hydroxyl groups is 1. The van der Waals surface area contributed by atoms with Gasteiger partial charge in [0.2, 0.25) is 0 Å². The van der Waals surface area contributed by atoms with Crippen molar-refractivity contribution in [2.75, 3.05) is 19.9 Å². The highest BCUT2D eigenvalue weighted by atomic mass is 16.7. The van der Waals surface area contributed by atoms with Crippen LogP contribution >= 0.6 is 0 Å². The Morgan fingerprint density at radius 1 is 1.73 bits per heavy atom. The topological polar surface area (TPSA) is 63.4 Å². The van der Waals surface area contributed by atoms with Crippen molar-refractivity contribution >= 4 is 11.6 Å². The zero-order chi connectivity index (χ0) is 8.10. The van der Waals surface area contributed by atoms with Crippen LogP contribution in [0.15, 0.2) is 10.1 Å². The molecule has 0 spiro atoms. The van der Waals surface area contributed by atoms with E-state index in [1.165, 1.54) is 0 Å². The second-order valence-electron chi connectivity index (χ2n) is 1.96. The van der Waals surface area contributed by atoms with Crippen LogP contribution < -0.4 is 0 Å². The van der Waals surface area contributed by atoms with Crippen LogP contribution in [0.4, 0.5) is 0 Å². The Morgan fingerprint density at radius 2 is 2.55 bits per heavy atom. The Hall–Kier alpha value is -1.10. The molecule has 0 aromatic carbocycles. The van der Waals surface area contributed by atoms with Crippen molar-refractivity contribution in [1.29, 1.82) is 0 Å². The number of hydrogen-bond acceptors (Lipinski definition) is 5. The lowest BCUT2D eigenvalue weighted by atomic mass is 10.4. The maximum atomic E-state index is 8.43. The summed E-state index contributed by atoms with van der Waals surface area (Å²) in [6.07, 6.45) is 0. The molecule has 5 nitrogen and oxygen atoms in total. The quantitative estimate of drug-likeness (QED) is 0.564. The van der Waals surface area contributed by atoms with Gasteiger partial charge in [0.15, 0.2) is 6.61 Å². The van der Waals surface area contributed by atoms with Gasteiger partial charge in [-0.15, -0.1) is 0 Å². The third kappa shape index (κ3) is 2.19. The molecule has 1 rings (SSSR count). The number of aliphatic imine (C=N–C) groups is 1. The predicted molar refractivity (Wildman–Crippen MR) is 39.5 cm³/mol. The molecule has 11 heavy (non-hydrogen) atoms. The van der Waals surface area contributed by atoms with Gasteiger partial charge in [-0.2, -0.15) is 0 Å². The summed E-state index contributed by atoms with van der Waals surface area (Å²) in [4.78, 5) is 8.43. The Kier molecular flexibility index (Phi) is 2.85. The highest BCUT2D eigenvalue weighted by molar-refractivity contribution is 6.37. The molecule has 0 atom stereocenters. The molecule has 0 aliphatic carbocycles. The summed E-state index contributed by atoms with van der Waals surface area (Å²) in [6, 6.07) is 0. The van der Waals surface area contributed by atoms with Crippen LogP contribution in [0.2, 0.25) is 0 Å². The first-order valence-corrected chi connectivity index (χ1v) is 3.29. The maximum Gasteiger partial charge on any atom is 0.271 e. The van der Waals surface area contributed by atoms with Crippen molar-refractivity contribution in [2.24, 2.45) is 10.1 Å². The van der Waals surface area contributed by atoms with Gasteiger partial charge in [0.25, 0.3) is 5.90 Å². The zero-order valence-electron chi connectivity index (χ0n) is 6.28. The first-order chi connectivity index (χ1) is 5.34. The van der Waals surface area contributed by atoms with E-state index in [0.717, 1.165) is 0 Å². The SMILES string of the molecule is C/C(=N\CO)C1=NOCCO1. The minimum absolute atomic E-state index is 0.256. The number of oxime groups is 1. The average Bonchev–Trinajstić information content (AvgIpc) is 2.07. The van der Waals surface area contributed by atoms with Gasteiger partial charge in [0.1, 0.15) is 13.3 Å². The van der Waals surface area contributed by atoms with Crippen LogP contribution in [-0.2, 0) is 9.57 Å². The van der Waals surface area contributed by atoms with Crippen molar-refractivity contribution in [3.05, 3.63) is 0 Å². The molecule has 0 fully saturated rings. The highest BCUT2D eigenvalue weighted by Crippen LogP contribution is 1.95. The molecule has 1 aliphatic rings. The molecule has 0 unspecified atom stereocenters. The molecule has 0 amide bonds.